The van der Waals surface area contributed by atoms with Crippen LogP contribution in [-0.4, -0.2) is 12.7 Å². The average molecular weight is 246 g/mol. The smallest absolute Gasteiger partial charge is 0.508 e. The SMILES string of the molecule is FB(F)F.Oc1ccccc1.c1ccsc1. The van der Waals surface area contributed by atoms with E-state index < -0.39 is 7.54 Å². The van der Waals surface area contributed by atoms with Crippen molar-refractivity contribution < 1.29 is 18.1 Å². The van der Waals surface area contributed by atoms with Gasteiger partial charge in [0.15, 0.2) is 0 Å². The van der Waals surface area contributed by atoms with Gasteiger partial charge in [-0.25, -0.2) is 0 Å². The van der Waals surface area contributed by atoms with E-state index in [1.807, 2.05) is 29.0 Å². The number of rotatable bonds is 0. The van der Waals surface area contributed by atoms with Gasteiger partial charge in [-0.2, -0.15) is 11.3 Å². The van der Waals surface area contributed by atoms with Crippen LogP contribution in [-0.2, 0) is 0 Å². The monoisotopic (exact) mass is 246 g/mol. The molecule has 1 heterocycles. The third kappa shape index (κ3) is 12.6. The number of benzene rings is 1. The van der Waals surface area contributed by atoms with E-state index in [9.17, 15) is 12.9 Å². The Morgan fingerprint density at radius 2 is 1.31 bits per heavy atom. The molecule has 86 valence electrons. The Balaban J connectivity index is 0.000000222. The van der Waals surface area contributed by atoms with Crippen molar-refractivity contribution in [1.82, 2.24) is 0 Å². The molecule has 16 heavy (non-hydrogen) atoms. The number of hydrogen-bond donors (Lipinski definition) is 1. The molecule has 0 aliphatic rings. The van der Waals surface area contributed by atoms with Gasteiger partial charge in [0.2, 0.25) is 0 Å². The van der Waals surface area contributed by atoms with Gasteiger partial charge < -0.3 is 5.11 Å². The molecule has 0 saturated carbocycles. The van der Waals surface area contributed by atoms with E-state index in [0.717, 1.165) is 0 Å². The molecule has 0 aliphatic carbocycles. The molecule has 6 heteroatoms. The normalized spacial score (nSPS) is 7.94. The van der Waals surface area contributed by atoms with Crippen LogP contribution in [0.15, 0.2) is 53.2 Å². The summed E-state index contributed by atoms with van der Waals surface area (Å²) in [5.74, 6) is 0.322. The van der Waals surface area contributed by atoms with Crippen LogP contribution in [0.2, 0.25) is 0 Å². The van der Waals surface area contributed by atoms with E-state index in [0.29, 0.717) is 5.75 Å². The minimum absolute atomic E-state index is 0.322. The third-order valence-corrected chi connectivity index (χ3v) is 1.81. The minimum atomic E-state index is -3.67. The number of halogens is 3. The van der Waals surface area contributed by atoms with Crippen LogP contribution in [0.25, 0.3) is 0 Å². The lowest BCUT2D eigenvalue weighted by Gasteiger charge is -1.82. The first-order chi connectivity index (χ1) is 7.63. The summed E-state index contributed by atoms with van der Waals surface area (Å²) in [4.78, 5) is 0. The van der Waals surface area contributed by atoms with Gasteiger partial charge >= 0.3 is 7.54 Å². The van der Waals surface area contributed by atoms with Gasteiger partial charge in [-0.05, 0) is 22.9 Å². The van der Waals surface area contributed by atoms with Crippen LogP contribution in [0.1, 0.15) is 0 Å². The second kappa shape index (κ2) is 10.1. The van der Waals surface area contributed by atoms with Crippen molar-refractivity contribution >= 4 is 18.9 Å². The lowest BCUT2D eigenvalue weighted by atomic mass is 10.3. The van der Waals surface area contributed by atoms with Crippen molar-refractivity contribution in [2.45, 2.75) is 0 Å². The Hall–Kier alpha value is -1.43. The summed E-state index contributed by atoms with van der Waals surface area (Å²) < 4.78 is 29.0. The maximum atomic E-state index is 9.67. The van der Waals surface area contributed by atoms with Crippen LogP contribution in [0.5, 0.6) is 5.75 Å². The van der Waals surface area contributed by atoms with Crippen LogP contribution >= 0.6 is 11.3 Å². The summed E-state index contributed by atoms with van der Waals surface area (Å²) in [6, 6.07) is 12.7. The molecule has 0 aliphatic heterocycles. The predicted octanol–water partition coefficient (Wildman–Crippen LogP) is 4.02. The van der Waals surface area contributed by atoms with Gasteiger partial charge in [0.05, 0.1) is 0 Å². The average Bonchev–Trinajstić information content (AvgIpc) is 2.75. The van der Waals surface area contributed by atoms with Gasteiger partial charge in [-0.1, -0.05) is 30.3 Å². The zero-order chi connectivity index (χ0) is 12.2. The van der Waals surface area contributed by atoms with Gasteiger partial charge in [-0.15, -0.1) is 0 Å². The van der Waals surface area contributed by atoms with Crippen LogP contribution in [0.3, 0.4) is 0 Å². The quantitative estimate of drug-likeness (QED) is 0.696. The fraction of sp³-hybridized carbons (Fsp3) is 0. The van der Waals surface area contributed by atoms with Crippen molar-refractivity contribution in [2.75, 3.05) is 0 Å². The molecule has 1 aromatic heterocycles. The zero-order valence-corrected chi connectivity index (χ0v) is 9.08. The number of para-hydroxylation sites is 1. The maximum absolute atomic E-state index is 9.67. The summed E-state index contributed by atoms with van der Waals surface area (Å²) >= 11 is 1.71. The Labute approximate surface area is 96.4 Å². The molecule has 1 N–H and O–H groups in total. The molecule has 0 radical (unpaired) electrons. The van der Waals surface area contributed by atoms with Gasteiger partial charge in [0, 0.05) is 0 Å². The molecule has 0 bridgehead atoms. The highest BCUT2D eigenvalue weighted by atomic mass is 32.1. The van der Waals surface area contributed by atoms with Gasteiger partial charge in [-0.3, -0.25) is 12.9 Å². The first kappa shape index (κ1) is 14.6. The lowest BCUT2D eigenvalue weighted by molar-refractivity contribution is 0.475. The summed E-state index contributed by atoms with van der Waals surface area (Å²) in [5.41, 5.74) is 0. The van der Waals surface area contributed by atoms with Gasteiger partial charge in [0.25, 0.3) is 0 Å². The molecular formula is C10H10BF3OS. The van der Waals surface area contributed by atoms with Crippen LogP contribution in [0, 0.1) is 0 Å². The fourth-order valence-electron chi connectivity index (χ4n) is 0.655. The van der Waals surface area contributed by atoms with E-state index >= 15 is 0 Å². The van der Waals surface area contributed by atoms with Crippen molar-refractivity contribution in [3.63, 3.8) is 0 Å². The second-order valence-corrected chi connectivity index (χ2v) is 3.19. The Morgan fingerprint density at radius 3 is 1.50 bits per heavy atom. The summed E-state index contributed by atoms with van der Waals surface area (Å²) in [7, 11) is -3.67. The number of phenols is 1. The first-order valence-corrected chi connectivity index (χ1v) is 5.20. The minimum Gasteiger partial charge on any atom is -0.508 e. The topological polar surface area (TPSA) is 20.2 Å². The zero-order valence-electron chi connectivity index (χ0n) is 8.26. The Kier molecular flexibility index (Phi) is 9.20. The highest BCUT2D eigenvalue weighted by Crippen LogP contribution is 2.02. The van der Waals surface area contributed by atoms with E-state index in [1.165, 1.54) is 0 Å². The third-order valence-electron chi connectivity index (χ3n) is 1.18. The number of hydrogen-bond acceptors (Lipinski definition) is 2. The lowest BCUT2D eigenvalue weighted by Crippen LogP contribution is -1.76. The molecule has 0 saturated heterocycles. The molecule has 2 rings (SSSR count). The van der Waals surface area contributed by atoms with E-state index in [4.69, 9.17) is 5.11 Å². The highest BCUT2D eigenvalue weighted by Gasteiger charge is 2.06. The highest BCUT2D eigenvalue weighted by molar-refractivity contribution is 7.07. The van der Waals surface area contributed by atoms with Crippen molar-refractivity contribution in [2.24, 2.45) is 0 Å². The van der Waals surface area contributed by atoms with E-state index in [1.54, 1.807) is 35.6 Å². The number of thiophene rings is 1. The molecule has 1 aromatic carbocycles. The number of aromatic hydroxyl groups is 1. The summed E-state index contributed by atoms with van der Waals surface area (Å²) in [6.45, 7) is 0. The molecule has 0 amide bonds. The number of phenolic OH excluding ortho intramolecular Hbond substituents is 1. The maximum Gasteiger partial charge on any atom is 0.762 e. The fourth-order valence-corrected chi connectivity index (χ4v) is 1.11. The van der Waals surface area contributed by atoms with Crippen molar-refractivity contribution in [1.29, 1.82) is 0 Å². The van der Waals surface area contributed by atoms with E-state index in [-0.39, 0.29) is 0 Å². The summed E-state index contributed by atoms with van der Waals surface area (Å²) in [5, 5.41) is 12.7. The molecule has 1 nitrogen and oxygen atoms in total. The molecule has 2 aromatic rings. The van der Waals surface area contributed by atoms with Crippen molar-refractivity contribution in [3.8, 4) is 5.75 Å². The molecule has 0 spiro atoms. The second-order valence-electron chi connectivity index (χ2n) is 2.38. The van der Waals surface area contributed by atoms with Crippen molar-refractivity contribution in [3.05, 3.63) is 53.2 Å². The Bertz CT molecular complexity index is 309. The summed E-state index contributed by atoms with van der Waals surface area (Å²) in [6.07, 6.45) is 0. The van der Waals surface area contributed by atoms with Crippen LogP contribution in [0.4, 0.5) is 12.9 Å². The molecule has 0 fully saturated rings. The van der Waals surface area contributed by atoms with Crippen LogP contribution < -0.4 is 0 Å². The largest absolute Gasteiger partial charge is 0.762 e. The molecule has 0 unspecified atom stereocenters. The van der Waals surface area contributed by atoms with Gasteiger partial charge in [0.1, 0.15) is 5.75 Å². The Morgan fingerprint density at radius 1 is 0.875 bits per heavy atom. The standard InChI is InChI=1S/C6H6O.C4H4S.BF3/c7-6-4-2-1-3-5-6;1-2-4-5-3-1;2-1(3)4/h1-5,7H;1-4H;. The van der Waals surface area contributed by atoms with E-state index in [2.05, 4.69) is 0 Å². The predicted molar refractivity (Wildman–Crippen MR) is 61.5 cm³/mol. The molecular weight excluding hydrogens is 236 g/mol. The molecule has 0 atom stereocenters. The first-order valence-electron chi connectivity index (χ1n) is 4.26.